The second-order valence-corrected chi connectivity index (χ2v) is 6.68. The van der Waals surface area contributed by atoms with Gasteiger partial charge in [-0.3, -0.25) is 24.6 Å². The Morgan fingerprint density at radius 2 is 2.07 bits per heavy atom. The molecule has 1 aromatic carbocycles. The number of nitrogens with zero attached hydrogens (tertiary/aromatic N) is 2. The Labute approximate surface area is 161 Å². The van der Waals surface area contributed by atoms with Crippen molar-refractivity contribution in [2.75, 3.05) is 0 Å². The summed E-state index contributed by atoms with van der Waals surface area (Å²) in [7, 11) is 0. The van der Waals surface area contributed by atoms with Crippen molar-refractivity contribution in [2.24, 2.45) is 0 Å². The van der Waals surface area contributed by atoms with Crippen LogP contribution in [-0.4, -0.2) is 21.0 Å². The molecule has 0 N–H and O–H groups in total. The Morgan fingerprint density at radius 3 is 2.74 bits per heavy atom. The van der Waals surface area contributed by atoms with Crippen molar-refractivity contribution in [3.63, 3.8) is 0 Å². The molecule has 1 aliphatic heterocycles. The Bertz CT molecular complexity index is 981. The first-order valence-electron chi connectivity index (χ1n) is 7.46. The van der Waals surface area contributed by atoms with Crippen LogP contribution in [-0.2, 0) is 11.3 Å². The largest absolute Gasteiger partial charge is 0.433 e. The number of halogens is 2. The monoisotopic (exact) mass is 408 g/mol. The van der Waals surface area contributed by atoms with Crippen LogP contribution in [0.3, 0.4) is 0 Å². The van der Waals surface area contributed by atoms with Crippen molar-refractivity contribution in [1.29, 1.82) is 0 Å². The van der Waals surface area contributed by atoms with Crippen LogP contribution in [0, 0.1) is 15.9 Å². The van der Waals surface area contributed by atoms with E-state index < -0.39 is 27.8 Å². The topological polar surface area (TPSA) is 93.7 Å². The summed E-state index contributed by atoms with van der Waals surface area (Å²) in [4.78, 5) is 35.4. The number of rotatable bonds is 5. The van der Waals surface area contributed by atoms with Gasteiger partial charge in [-0.05, 0) is 42.1 Å². The number of hydrogen-bond donors (Lipinski definition) is 0. The molecule has 1 aromatic heterocycles. The van der Waals surface area contributed by atoms with E-state index in [0.717, 1.165) is 4.90 Å². The Kier molecular flexibility index (Phi) is 5.43. The fraction of sp³-hybridized carbons (Fsp3) is 0.0588. The number of nitro groups is 1. The number of imide groups is 1. The summed E-state index contributed by atoms with van der Waals surface area (Å²) in [6, 6.07) is 6.69. The van der Waals surface area contributed by atoms with Crippen molar-refractivity contribution in [2.45, 2.75) is 6.54 Å². The van der Waals surface area contributed by atoms with Gasteiger partial charge in [-0.15, -0.1) is 0 Å². The lowest BCUT2D eigenvalue weighted by molar-refractivity contribution is -0.402. The molecule has 7 nitrogen and oxygen atoms in total. The first-order chi connectivity index (χ1) is 12.9. The van der Waals surface area contributed by atoms with Crippen molar-refractivity contribution in [1.82, 2.24) is 4.90 Å². The lowest BCUT2D eigenvalue weighted by Gasteiger charge is -2.14. The SMILES string of the molecule is O=C1S/C(=C\C=C\c2ccc([N+](=O)[O-])o2)C(=O)N1Cc1c(F)cccc1Cl. The van der Waals surface area contributed by atoms with Crippen molar-refractivity contribution < 1.29 is 23.3 Å². The summed E-state index contributed by atoms with van der Waals surface area (Å²) in [5.41, 5.74) is 0.0566. The molecule has 27 heavy (non-hydrogen) atoms. The van der Waals surface area contributed by atoms with E-state index >= 15 is 0 Å². The third-order valence-corrected chi connectivity index (χ3v) is 4.83. The van der Waals surface area contributed by atoms with Crippen LogP contribution < -0.4 is 0 Å². The third-order valence-electron chi connectivity index (χ3n) is 3.55. The van der Waals surface area contributed by atoms with Gasteiger partial charge in [0, 0.05) is 10.6 Å². The quantitative estimate of drug-likeness (QED) is 0.401. The molecule has 1 aliphatic rings. The second kappa shape index (κ2) is 7.77. The smallest absolute Gasteiger partial charge is 0.401 e. The molecule has 2 heterocycles. The molecular formula is C17H10ClFN2O5S. The van der Waals surface area contributed by atoms with Crippen LogP contribution in [0.2, 0.25) is 5.02 Å². The first-order valence-corrected chi connectivity index (χ1v) is 8.65. The van der Waals surface area contributed by atoms with Gasteiger partial charge in [0.2, 0.25) is 0 Å². The fourth-order valence-corrected chi connectivity index (χ4v) is 3.26. The molecule has 138 valence electrons. The zero-order valence-electron chi connectivity index (χ0n) is 13.4. The molecule has 1 fully saturated rings. The summed E-state index contributed by atoms with van der Waals surface area (Å²) in [6.45, 7) is -0.276. The van der Waals surface area contributed by atoms with E-state index in [1.165, 1.54) is 48.6 Å². The van der Waals surface area contributed by atoms with Gasteiger partial charge in [0.25, 0.3) is 11.1 Å². The normalized spacial score (nSPS) is 16.1. The van der Waals surface area contributed by atoms with Gasteiger partial charge in [-0.25, -0.2) is 4.39 Å². The average Bonchev–Trinajstić information content (AvgIpc) is 3.18. The molecule has 2 aromatic rings. The highest BCUT2D eigenvalue weighted by molar-refractivity contribution is 8.18. The Hall–Kier alpha value is -2.91. The highest BCUT2D eigenvalue weighted by atomic mass is 35.5. The lowest BCUT2D eigenvalue weighted by atomic mass is 10.2. The second-order valence-electron chi connectivity index (χ2n) is 5.28. The van der Waals surface area contributed by atoms with Crippen molar-refractivity contribution >= 4 is 46.5 Å². The minimum Gasteiger partial charge on any atom is -0.401 e. The van der Waals surface area contributed by atoms with Gasteiger partial charge in [-0.1, -0.05) is 23.7 Å². The fourth-order valence-electron chi connectivity index (χ4n) is 2.25. The summed E-state index contributed by atoms with van der Waals surface area (Å²) >= 11 is 6.64. The molecule has 1 saturated heterocycles. The number of amides is 2. The number of benzene rings is 1. The number of thioether (sulfide) groups is 1. The van der Waals surface area contributed by atoms with E-state index in [1.807, 2.05) is 0 Å². The van der Waals surface area contributed by atoms with Crippen molar-refractivity contribution in [3.8, 4) is 0 Å². The summed E-state index contributed by atoms with van der Waals surface area (Å²) in [5.74, 6) is -1.38. The van der Waals surface area contributed by atoms with Gasteiger partial charge in [0.15, 0.2) is 0 Å². The highest BCUT2D eigenvalue weighted by Gasteiger charge is 2.35. The minimum atomic E-state index is -0.670. The number of carbonyl (C=O) groups excluding carboxylic acids is 2. The number of allylic oxidation sites excluding steroid dienone is 2. The van der Waals surface area contributed by atoms with Gasteiger partial charge in [0.05, 0.1) is 17.5 Å². The molecule has 0 unspecified atom stereocenters. The summed E-state index contributed by atoms with van der Waals surface area (Å²) in [5, 5.41) is 10.1. The van der Waals surface area contributed by atoms with E-state index in [4.69, 9.17) is 16.0 Å². The maximum absolute atomic E-state index is 13.9. The molecular weight excluding hydrogens is 399 g/mol. The molecule has 0 radical (unpaired) electrons. The Balaban J connectivity index is 1.74. The van der Waals surface area contributed by atoms with E-state index in [0.29, 0.717) is 11.8 Å². The van der Waals surface area contributed by atoms with E-state index in [1.54, 1.807) is 0 Å². The number of furan rings is 1. The van der Waals surface area contributed by atoms with Crippen LogP contribution in [0.5, 0.6) is 0 Å². The van der Waals surface area contributed by atoms with E-state index in [9.17, 15) is 24.1 Å². The van der Waals surface area contributed by atoms with Crippen molar-refractivity contribution in [3.05, 3.63) is 79.7 Å². The minimum absolute atomic E-state index is 0.0566. The zero-order chi connectivity index (χ0) is 19.6. The molecule has 0 atom stereocenters. The van der Waals surface area contributed by atoms with Crippen LogP contribution in [0.25, 0.3) is 6.08 Å². The molecule has 0 spiro atoms. The number of hydrogen-bond acceptors (Lipinski definition) is 6. The molecule has 2 amide bonds. The van der Waals surface area contributed by atoms with Gasteiger partial charge in [-0.2, -0.15) is 0 Å². The maximum atomic E-state index is 13.9. The molecule has 0 saturated carbocycles. The van der Waals surface area contributed by atoms with Crippen LogP contribution >= 0.6 is 23.4 Å². The molecule has 3 rings (SSSR count). The summed E-state index contributed by atoms with van der Waals surface area (Å²) in [6.07, 6.45) is 4.21. The van der Waals surface area contributed by atoms with Gasteiger partial charge >= 0.3 is 5.88 Å². The van der Waals surface area contributed by atoms with Gasteiger partial charge in [0.1, 0.15) is 16.5 Å². The van der Waals surface area contributed by atoms with Crippen LogP contribution in [0.15, 0.2) is 51.8 Å². The first kappa shape index (κ1) is 18.9. The third kappa shape index (κ3) is 4.09. The lowest BCUT2D eigenvalue weighted by Crippen LogP contribution is -2.28. The van der Waals surface area contributed by atoms with Gasteiger partial charge < -0.3 is 4.42 Å². The Morgan fingerprint density at radius 1 is 1.30 bits per heavy atom. The molecule has 10 heteroatoms. The predicted molar refractivity (Wildman–Crippen MR) is 97.4 cm³/mol. The molecule has 0 aliphatic carbocycles. The molecule has 0 bridgehead atoms. The van der Waals surface area contributed by atoms with E-state index in [-0.39, 0.29) is 27.8 Å². The summed E-state index contributed by atoms with van der Waals surface area (Å²) < 4.78 is 18.8. The average molecular weight is 409 g/mol. The standard InChI is InChI=1S/C17H10ClFN2O5S/c18-12-4-2-5-13(19)11(12)9-20-16(22)14(27-17(20)23)6-1-3-10-7-8-15(26-10)21(24)25/h1-8H,9H2/b3-1+,14-6-. The van der Waals surface area contributed by atoms with E-state index in [2.05, 4.69) is 0 Å². The highest BCUT2D eigenvalue weighted by Crippen LogP contribution is 2.33. The number of carbonyl (C=O) groups is 2. The van der Waals surface area contributed by atoms with Crippen LogP contribution in [0.4, 0.5) is 15.1 Å². The maximum Gasteiger partial charge on any atom is 0.433 e. The zero-order valence-corrected chi connectivity index (χ0v) is 15.0. The predicted octanol–water partition coefficient (Wildman–Crippen LogP) is 4.77. The van der Waals surface area contributed by atoms with Crippen LogP contribution in [0.1, 0.15) is 11.3 Å².